The third kappa shape index (κ3) is 3.25. The number of fused-ring (bicyclic) bond motifs is 3. The average molecular weight is 409 g/mol. The SMILES string of the molecule is COC(=O)C(C)Sc1nc2c([nH]c3ccccc32)c(=O)n1-c1ccccc1OC. The molecule has 0 aliphatic carbocycles. The van der Waals surface area contributed by atoms with Crippen LogP contribution in [0.1, 0.15) is 6.92 Å². The van der Waals surface area contributed by atoms with Crippen molar-refractivity contribution in [3.63, 3.8) is 0 Å². The maximum Gasteiger partial charge on any atom is 0.318 e. The van der Waals surface area contributed by atoms with Gasteiger partial charge in [0.1, 0.15) is 22.0 Å². The number of benzene rings is 2. The van der Waals surface area contributed by atoms with Gasteiger partial charge >= 0.3 is 5.97 Å². The normalized spacial score (nSPS) is 12.2. The highest BCUT2D eigenvalue weighted by Gasteiger charge is 2.23. The summed E-state index contributed by atoms with van der Waals surface area (Å²) < 4.78 is 11.8. The van der Waals surface area contributed by atoms with Crippen LogP contribution in [0.5, 0.6) is 5.75 Å². The second-order valence-corrected chi connectivity index (χ2v) is 7.69. The van der Waals surface area contributed by atoms with E-state index in [2.05, 4.69) is 4.98 Å². The van der Waals surface area contributed by atoms with Crippen LogP contribution in [-0.4, -0.2) is 40.0 Å². The zero-order valence-electron chi connectivity index (χ0n) is 16.1. The summed E-state index contributed by atoms with van der Waals surface area (Å²) in [4.78, 5) is 33.5. The molecule has 1 atom stereocenters. The zero-order chi connectivity index (χ0) is 20.5. The molecule has 0 bridgehead atoms. The Morgan fingerprint density at radius 1 is 1.14 bits per heavy atom. The van der Waals surface area contributed by atoms with Gasteiger partial charge in [0, 0.05) is 10.9 Å². The quantitative estimate of drug-likeness (QED) is 0.308. The first kappa shape index (κ1) is 19.1. The first-order chi connectivity index (χ1) is 14.0. The van der Waals surface area contributed by atoms with Crippen LogP contribution in [-0.2, 0) is 9.53 Å². The largest absolute Gasteiger partial charge is 0.495 e. The summed E-state index contributed by atoms with van der Waals surface area (Å²) in [6.07, 6.45) is 0. The minimum atomic E-state index is -0.546. The van der Waals surface area contributed by atoms with Gasteiger partial charge in [-0.1, -0.05) is 42.1 Å². The van der Waals surface area contributed by atoms with Crippen LogP contribution < -0.4 is 10.3 Å². The Balaban J connectivity index is 2.04. The van der Waals surface area contributed by atoms with Crippen LogP contribution >= 0.6 is 11.8 Å². The van der Waals surface area contributed by atoms with Crippen LogP contribution in [0.15, 0.2) is 58.5 Å². The second-order valence-electron chi connectivity index (χ2n) is 6.38. The fourth-order valence-corrected chi connectivity index (χ4v) is 4.16. The summed E-state index contributed by atoms with van der Waals surface area (Å²) in [6, 6.07) is 14.8. The molecule has 4 rings (SSSR count). The molecule has 0 aliphatic heterocycles. The van der Waals surface area contributed by atoms with E-state index in [4.69, 9.17) is 14.5 Å². The molecule has 0 radical (unpaired) electrons. The smallest absolute Gasteiger partial charge is 0.318 e. The number of hydrogen-bond donors (Lipinski definition) is 1. The predicted octanol–water partition coefficient (Wildman–Crippen LogP) is 3.53. The van der Waals surface area contributed by atoms with Crippen molar-refractivity contribution in [3.8, 4) is 11.4 Å². The van der Waals surface area contributed by atoms with E-state index in [9.17, 15) is 9.59 Å². The van der Waals surface area contributed by atoms with Crippen LogP contribution in [0.4, 0.5) is 0 Å². The van der Waals surface area contributed by atoms with E-state index in [0.717, 1.165) is 10.9 Å². The van der Waals surface area contributed by atoms with Gasteiger partial charge in [-0.25, -0.2) is 9.55 Å². The minimum Gasteiger partial charge on any atom is -0.495 e. The van der Waals surface area contributed by atoms with Crippen molar-refractivity contribution >= 4 is 39.7 Å². The van der Waals surface area contributed by atoms with Crippen LogP contribution in [0, 0.1) is 0 Å². The zero-order valence-corrected chi connectivity index (χ0v) is 16.9. The van der Waals surface area contributed by atoms with Crippen molar-refractivity contribution in [1.29, 1.82) is 0 Å². The Labute approximate surface area is 170 Å². The second kappa shape index (κ2) is 7.63. The van der Waals surface area contributed by atoms with Gasteiger partial charge < -0.3 is 14.5 Å². The van der Waals surface area contributed by atoms with Crippen molar-refractivity contribution in [2.24, 2.45) is 0 Å². The molecule has 8 heteroatoms. The molecule has 1 N–H and O–H groups in total. The van der Waals surface area contributed by atoms with Gasteiger partial charge in [-0.3, -0.25) is 9.59 Å². The van der Waals surface area contributed by atoms with Crippen molar-refractivity contribution in [2.75, 3.05) is 14.2 Å². The van der Waals surface area contributed by atoms with E-state index in [1.54, 1.807) is 26.2 Å². The molecule has 2 aromatic carbocycles. The number of carbonyl (C=O) groups is 1. The van der Waals surface area contributed by atoms with Gasteiger partial charge in [-0.05, 0) is 25.1 Å². The van der Waals surface area contributed by atoms with Gasteiger partial charge in [-0.2, -0.15) is 0 Å². The number of para-hydroxylation sites is 3. The number of methoxy groups -OCH3 is 2. The number of esters is 1. The van der Waals surface area contributed by atoms with E-state index in [1.165, 1.54) is 23.4 Å². The molecule has 7 nitrogen and oxygen atoms in total. The minimum absolute atomic E-state index is 0.268. The fraction of sp³-hybridized carbons (Fsp3) is 0.190. The van der Waals surface area contributed by atoms with Crippen LogP contribution in [0.25, 0.3) is 27.6 Å². The Bertz CT molecular complexity index is 1280. The van der Waals surface area contributed by atoms with E-state index in [1.807, 2.05) is 36.4 Å². The Morgan fingerprint density at radius 2 is 1.86 bits per heavy atom. The number of thioether (sulfide) groups is 1. The molecule has 4 aromatic rings. The number of nitrogens with one attached hydrogen (secondary N) is 1. The fourth-order valence-electron chi connectivity index (χ4n) is 3.22. The lowest BCUT2D eigenvalue weighted by molar-refractivity contribution is -0.139. The first-order valence-electron chi connectivity index (χ1n) is 8.96. The Hall–Kier alpha value is -3.26. The number of aromatic nitrogens is 3. The molecule has 29 heavy (non-hydrogen) atoms. The number of aromatic amines is 1. The van der Waals surface area contributed by atoms with E-state index >= 15 is 0 Å². The summed E-state index contributed by atoms with van der Waals surface area (Å²) in [7, 11) is 2.88. The van der Waals surface area contributed by atoms with Gasteiger partial charge in [0.25, 0.3) is 5.56 Å². The third-order valence-corrected chi connectivity index (χ3v) is 5.67. The van der Waals surface area contributed by atoms with Crippen molar-refractivity contribution in [2.45, 2.75) is 17.3 Å². The summed E-state index contributed by atoms with van der Waals surface area (Å²) >= 11 is 1.17. The topological polar surface area (TPSA) is 86.2 Å². The third-order valence-electron chi connectivity index (χ3n) is 4.64. The molecule has 0 saturated heterocycles. The van der Waals surface area contributed by atoms with E-state index in [-0.39, 0.29) is 5.56 Å². The van der Waals surface area contributed by atoms with Crippen molar-refractivity contribution < 1.29 is 14.3 Å². The first-order valence-corrected chi connectivity index (χ1v) is 9.84. The number of nitrogens with zero attached hydrogens (tertiary/aromatic N) is 2. The molecule has 0 amide bonds. The lowest BCUT2D eigenvalue weighted by Gasteiger charge is -2.16. The highest BCUT2D eigenvalue weighted by molar-refractivity contribution is 8.00. The number of rotatable bonds is 5. The van der Waals surface area contributed by atoms with Crippen molar-refractivity contribution in [1.82, 2.24) is 14.5 Å². The maximum atomic E-state index is 13.5. The highest BCUT2D eigenvalue weighted by Crippen LogP contribution is 2.31. The van der Waals surface area contributed by atoms with Crippen LogP contribution in [0.3, 0.4) is 0 Å². The molecule has 2 heterocycles. The highest BCUT2D eigenvalue weighted by atomic mass is 32.2. The summed E-state index contributed by atoms with van der Waals surface area (Å²) in [6.45, 7) is 1.72. The molecule has 0 spiro atoms. The Kier molecular flexibility index (Phi) is 5.02. The molecule has 148 valence electrons. The number of ether oxygens (including phenoxy) is 2. The average Bonchev–Trinajstić information content (AvgIpc) is 3.12. The molecule has 0 aliphatic rings. The molecule has 1 unspecified atom stereocenters. The van der Waals surface area contributed by atoms with E-state index < -0.39 is 11.2 Å². The summed E-state index contributed by atoms with van der Waals surface area (Å²) in [5.41, 5.74) is 2.06. The van der Waals surface area contributed by atoms with Gasteiger partial charge in [0.15, 0.2) is 5.16 Å². The van der Waals surface area contributed by atoms with Gasteiger partial charge in [-0.15, -0.1) is 0 Å². The lowest BCUT2D eigenvalue weighted by atomic mass is 10.2. The molecule has 2 aromatic heterocycles. The summed E-state index contributed by atoms with van der Waals surface area (Å²) in [5, 5.41) is 0.685. The number of H-pyrrole nitrogens is 1. The van der Waals surface area contributed by atoms with Gasteiger partial charge in [0.2, 0.25) is 0 Å². The lowest BCUT2D eigenvalue weighted by Crippen LogP contribution is -2.24. The number of hydrogen-bond acceptors (Lipinski definition) is 6. The van der Waals surface area contributed by atoms with Crippen LogP contribution in [0.2, 0.25) is 0 Å². The standard InChI is InChI=1S/C21H19N3O4S/c1-12(20(26)28-3)29-21-23-17-13-8-4-5-9-14(13)22-18(17)19(25)24(21)15-10-6-7-11-16(15)27-2/h4-12,22H,1-3H3. The number of carbonyl (C=O) groups excluding carboxylic acids is 1. The Morgan fingerprint density at radius 3 is 2.62 bits per heavy atom. The molecular weight excluding hydrogens is 390 g/mol. The maximum absolute atomic E-state index is 13.5. The molecular formula is C21H19N3O4S. The summed E-state index contributed by atoms with van der Waals surface area (Å²) in [5.74, 6) is 0.134. The monoisotopic (exact) mass is 409 g/mol. The van der Waals surface area contributed by atoms with E-state index in [0.29, 0.717) is 27.6 Å². The molecule has 0 fully saturated rings. The van der Waals surface area contributed by atoms with Crippen molar-refractivity contribution in [3.05, 3.63) is 58.9 Å². The molecule has 0 saturated carbocycles. The predicted molar refractivity (Wildman–Crippen MR) is 113 cm³/mol. The van der Waals surface area contributed by atoms with Gasteiger partial charge in [0.05, 0.1) is 19.9 Å².